The summed E-state index contributed by atoms with van der Waals surface area (Å²) < 4.78 is 18.7. The number of hydrogen-bond donors (Lipinski definition) is 0. The number of amides is 1. The van der Waals surface area contributed by atoms with Crippen molar-refractivity contribution in [2.75, 3.05) is 7.05 Å². The second-order valence-corrected chi connectivity index (χ2v) is 8.08. The smallest absolute Gasteiger partial charge is 0.339 e. The fourth-order valence-corrected chi connectivity index (χ4v) is 3.57. The number of halogens is 2. The van der Waals surface area contributed by atoms with E-state index in [0.29, 0.717) is 5.56 Å². The topological polar surface area (TPSA) is 107 Å². The molecule has 0 bridgehead atoms. The standard InChI is InChI=1S/C25H20ClFN2O6/c1-15(24(31)28(2)14-16-6-5-7-18(27)12-16)35-25(32)20-9-4-3-8-19(20)23(30)17-10-11-21(26)22(13-17)29(33)34/h3-13,15H,14H2,1-2H3. The van der Waals surface area contributed by atoms with Crippen LogP contribution in [0.3, 0.4) is 0 Å². The van der Waals surface area contributed by atoms with E-state index >= 15 is 0 Å². The molecule has 10 heteroatoms. The average Bonchev–Trinajstić information content (AvgIpc) is 2.83. The first-order valence-corrected chi connectivity index (χ1v) is 10.7. The van der Waals surface area contributed by atoms with Crippen molar-refractivity contribution in [1.29, 1.82) is 0 Å². The van der Waals surface area contributed by atoms with Gasteiger partial charge in [0.25, 0.3) is 11.6 Å². The summed E-state index contributed by atoms with van der Waals surface area (Å²) in [4.78, 5) is 50.3. The second-order valence-electron chi connectivity index (χ2n) is 7.67. The van der Waals surface area contributed by atoms with Crippen molar-refractivity contribution >= 4 is 34.9 Å². The van der Waals surface area contributed by atoms with Crippen LogP contribution in [-0.4, -0.2) is 40.6 Å². The summed E-state index contributed by atoms with van der Waals surface area (Å²) in [5, 5.41) is 11.0. The van der Waals surface area contributed by atoms with E-state index in [1.54, 1.807) is 6.07 Å². The van der Waals surface area contributed by atoms with Crippen LogP contribution in [0.5, 0.6) is 0 Å². The molecule has 3 rings (SSSR count). The minimum Gasteiger partial charge on any atom is -0.449 e. The van der Waals surface area contributed by atoms with Crippen molar-refractivity contribution in [1.82, 2.24) is 4.90 Å². The molecule has 180 valence electrons. The van der Waals surface area contributed by atoms with Gasteiger partial charge in [-0.3, -0.25) is 19.7 Å². The number of nitro groups is 1. The largest absolute Gasteiger partial charge is 0.449 e. The molecule has 0 radical (unpaired) electrons. The minimum atomic E-state index is -1.19. The Morgan fingerprint density at radius 2 is 1.74 bits per heavy atom. The Kier molecular flexibility index (Phi) is 7.93. The molecule has 3 aromatic rings. The van der Waals surface area contributed by atoms with E-state index in [9.17, 15) is 28.9 Å². The van der Waals surface area contributed by atoms with Gasteiger partial charge in [0.05, 0.1) is 10.5 Å². The highest BCUT2D eigenvalue weighted by molar-refractivity contribution is 6.33. The SMILES string of the molecule is CC(OC(=O)c1ccccc1C(=O)c1ccc(Cl)c([N+](=O)[O-])c1)C(=O)N(C)Cc1cccc(F)c1. The summed E-state index contributed by atoms with van der Waals surface area (Å²) in [6, 6.07) is 15.1. The zero-order valence-corrected chi connectivity index (χ0v) is 19.5. The Labute approximate surface area is 205 Å². The molecule has 1 atom stereocenters. The zero-order chi connectivity index (χ0) is 25.7. The fraction of sp³-hybridized carbons (Fsp3) is 0.160. The van der Waals surface area contributed by atoms with Crippen LogP contribution in [0, 0.1) is 15.9 Å². The van der Waals surface area contributed by atoms with Crippen LogP contribution in [0.15, 0.2) is 66.7 Å². The number of ether oxygens (including phenoxy) is 1. The number of esters is 1. The highest BCUT2D eigenvalue weighted by atomic mass is 35.5. The zero-order valence-electron chi connectivity index (χ0n) is 18.7. The van der Waals surface area contributed by atoms with Crippen LogP contribution in [-0.2, 0) is 16.1 Å². The van der Waals surface area contributed by atoms with Crippen molar-refractivity contribution < 1.29 is 28.4 Å². The Morgan fingerprint density at radius 3 is 2.40 bits per heavy atom. The van der Waals surface area contributed by atoms with E-state index in [1.807, 2.05) is 0 Å². The van der Waals surface area contributed by atoms with Crippen LogP contribution in [0.4, 0.5) is 10.1 Å². The van der Waals surface area contributed by atoms with Crippen LogP contribution in [0.25, 0.3) is 0 Å². The van der Waals surface area contributed by atoms with Crippen molar-refractivity contribution in [3.63, 3.8) is 0 Å². The molecule has 0 aliphatic heterocycles. The minimum absolute atomic E-state index is 0.0414. The predicted molar refractivity (Wildman–Crippen MR) is 126 cm³/mol. The number of carbonyl (C=O) groups excluding carboxylic acids is 3. The van der Waals surface area contributed by atoms with Gasteiger partial charge in [-0.2, -0.15) is 0 Å². The lowest BCUT2D eigenvalue weighted by Crippen LogP contribution is -2.37. The van der Waals surface area contributed by atoms with Gasteiger partial charge in [0.2, 0.25) is 0 Å². The first-order chi connectivity index (χ1) is 16.6. The van der Waals surface area contributed by atoms with Crippen molar-refractivity contribution in [3.05, 3.63) is 110 Å². The number of nitro benzene ring substituents is 1. The van der Waals surface area contributed by atoms with E-state index < -0.39 is 40.2 Å². The van der Waals surface area contributed by atoms with E-state index in [-0.39, 0.29) is 28.3 Å². The Bertz CT molecular complexity index is 1310. The molecule has 0 spiro atoms. The molecule has 0 saturated heterocycles. The summed E-state index contributed by atoms with van der Waals surface area (Å²) in [5.41, 5.74) is -0.0878. The number of ketones is 1. The lowest BCUT2D eigenvalue weighted by molar-refractivity contribution is -0.384. The third-order valence-corrected chi connectivity index (χ3v) is 5.43. The van der Waals surface area contributed by atoms with Crippen LogP contribution < -0.4 is 0 Å². The molecule has 8 nitrogen and oxygen atoms in total. The molecule has 0 fully saturated rings. The van der Waals surface area contributed by atoms with Crippen LogP contribution >= 0.6 is 11.6 Å². The number of benzene rings is 3. The maximum absolute atomic E-state index is 13.4. The molecule has 0 N–H and O–H groups in total. The maximum Gasteiger partial charge on any atom is 0.339 e. The van der Waals surface area contributed by atoms with Gasteiger partial charge in [0, 0.05) is 30.8 Å². The second kappa shape index (κ2) is 10.9. The number of likely N-dealkylation sites (N-methyl/N-ethyl adjacent to an activating group) is 1. The first kappa shape index (κ1) is 25.5. The van der Waals surface area contributed by atoms with Crippen molar-refractivity contribution in [2.24, 2.45) is 0 Å². The van der Waals surface area contributed by atoms with Crippen molar-refractivity contribution in [3.8, 4) is 0 Å². The lowest BCUT2D eigenvalue weighted by Gasteiger charge is -2.22. The predicted octanol–water partition coefficient (Wildman–Crippen LogP) is 4.82. The molecular weight excluding hydrogens is 479 g/mol. The van der Waals surface area contributed by atoms with Crippen LogP contribution in [0.2, 0.25) is 5.02 Å². The molecule has 0 heterocycles. The lowest BCUT2D eigenvalue weighted by atomic mass is 9.98. The Morgan fingerprint density at radius 1 is 1.06 bits per heavy atom. The normalized spacial score (nSPS) is 11.4. The van der Waals surface area contributed by atoms with Gasteiger partial charge in [0.15, 0.2) is 11.9 Å². The van der Waals surface area contributed by atoms with E-state index in [1.165, 1.54) is 73.5 Å². The molecule has 3 aromatic carbocycles. The van der Waals surface area contributed by atoms with Gasteiger partial charge in [-0.25, -0.2) is 9.18 Å². The number of nitrogens with zero attached hydrogens (tertiary/aromatic N) is 2. The monoisotopic (exact) mass is 498 g/mol. The number of hydrogen-bond acceptors (Lipinski definition) is 6. The van der Waals surface area contributed by atoms with Gasteiger partial charge >= 0.3 is 5.97 Å². The van der Waals surface area contributed by atoms with Gasteiger partial charge < -0.3 is 9.64 Å². The maximum atomic E-state index is 13.4. The molecule has 35 heavy (non-hydrogen) atoms. The van der Waals surface area contributed by atoms with Gasteiger partial charge in [-0.15, -0.1) is 0 Å². The van der Waals surface area contributed by atoms with Gasteiger partial charge in [-0.05, 0) is 42.8 Å². The van der Waals surface area contributed by atoms with Crippen molar-refractivity contribution in [2.45, 2.75) is 19.6 Å². The summed E-state index contributed by atoms with van der Waals surface area (Å²) in [5.74, 6) is -2.54. The summed E-state index contributed by atoms with van der Waals surface area (Å²) in [6.07, 6.45) is -1.19. The summed E-state index contributed by atoms with van der Waals surface area (Å²) in [6.45, 7) is 1.48. The van der Waals surface area contributed by atoms with E-state index in [2.05, 4.69) is 0 Å². The summed E-state index contributed by atoms with van der Waals surface area (Å²) in [7, 11) is 1.49. The summed E-state index contributed by atoms with van der Waals surface area (Å²) >= 11 is 5.81. The molecular formula is C25H20ClFN2O6. The molecule has 0 aromatic heterocycles. The number of carbonyl (C=O) groups is 3. The molecule has 0 saturated carbocycles. The van der Waals surface area contributed by atoms with E-state index in [4.69, 9.17) is 16.3 Å². The quantitative estimate of drug-likeness (QED) is 0.191. The molecule has 1 unspecified atom stereocenters. The Hall–Kier alpha value is -4.11. The third-order valence-electron chi connectivity index (χ3n) is 5.11. The Balaban J connectivity index is 1.77. The molecule has 0 aliphatic carbocycles. The first-order valence-electron chi connectivity index (χ1n) is 10.4. The average molecular weight is 499 g/mol. The third kappa shape index (κ3) is 6.07. The van der Waals surface area contributed by atoms with Gasteiger partial charge in [-0.1, -0.05) is 41.9 Å². The highest BCUT2D eigenvalue weighted by Crippen LogP contribution is 2.27. The number of rotatable bonds is 8. The van der Waals surface area contributed by atoms with Crippen LogP contribution in [0.1, 0.15) is 38.8 Å². The molecule has 0 aliphatic rings. The highest BCUT2D eigenvalue weighted by Gasteiger charge is 2.26. The fourth-order valence-electron chi connectivity index (χ4n) is 3.38. The van der Waals surface area contributed by atoms with E-state index in [0.717, 1.165) is 6.07 Å². The molecule has 1 amide bonds. The van der Waals surface area contributed by atoms with Gasteiger partial charge in [0.1, 0.15) is 10.8 Å².